The quantitative estimate of drug-likeness (QED) is 0.412. The molecule has 0 aliphatic carbocycles. The van der Waals surface area contributed by atoms with Gasteiger partial charge in [0.05, 0.1) is 11.7 Å². The lowest BCUT2D eigenvalue weighted by molar-refractivity contribution is 0.953. The van der Waals surface area contributed by atoms with Gasteiger partial charge in [-0.25, -0.2) is 4.52 Å². The number of aromatic nitrogens is 2. The zero-order valence-corrected chi connectivity index (χ0v) is 9.17. The van der Waals surface area contributed by atoms with Crippen LogP contribution in [0.3, 0.4) is 0 Å². The molecule has 80 valence electrons. The fraction of sp³-hybridized carbons (Fsp3) is 0. The largest absolute Gasteiger partial charge is 0.240 e. The van der Waals surface area contributed by atoms with E-state index >= 15 is 0 Å². The van der Waals surface area contributed by atoms with Crippen molar-refractivity contribution < 1.29 is 0 Å². The minimum Gasteiger partial charge on any atom is -0.240 e. The lowest BCUT2D eigenvalue weighted by Gasteiger charge is -2.03. The molecule has 0 saturated carbocycles. The van der Waals surface area contributed by atoms with Crippen LogP contribution in [0.2, 0.25) is 0 Å². The fourth-order valence-corrected chi connectivity index (χ4v) is 2.40. The van der Waals surface area contributed by atoms with Gasteiger partial charge in [0.15, 0.2) is 0 Å². The highest BCUT2D eigenvalue weighted by atomic mass is 15.2. The lowest BCUT2D eigenvalue weighted by Crippen LogP contribution is -1.89. The van der Waals surface area contributed by atoms with Gasteiger partial charge in [0.2, 0.25) is 0 Å². The molecule has 0 radical (unpaired) electrons. The maximum absolute atomic E-state index is 4.39. The topological polar surface area (TPSA) is 17.3 Å². The molecule has 0 saturated heterocycles. The Hall–Kier alpha value is -2.35. The first-order valence-corrected chi connectivity index (χ1v) is 5.67. The molecule has 0 fully saturated rings. The molecule has 2 heteroatoms. The first kappa shape index (κ1) is 8.76. The van der Waals surface area contributed by atoms with E-state index in [2.05, 4.69) is 47.6 Å². The molecule has 0 amide bonds. The molecule has 17 heavy (non-hydrogen) atoms. The molecule has 0 unspecified atom stereocenters. The fourth-order valence-electron chi connectivity index (χ4n) is 2.40. The SMILES string of the molecule is c1ccc2cc3c(cnn4cccc34)cc2c1. The van der Waals surface area contributed by atoms with Crippen molar-refractivity contribution in [2.24, 2.45) is 0 Å². The van der Waals surface area contributed by atoms with E-state index in [-0.39, 0.29) is 0 Å². The molecular weight excluding hydrogens is 208 g/mol. The molecule has 0 aliphatic rings. The van der Waals surface area contributed by atoms with E-state index in [1.54, 1.807) is 0 Å². The molecule has 4 aromatic rings. The Kier molecular flexibility index (Phi) is 1.59. The summed E-state index contributed by atoms with van der Waals surface area (Å²) < 4.78 is 1.91. The van der Waals surface area contributed by atoms with Crippen molar-refractivity contribution >= 4 is 27.1 Å². The summed E-state index contributed by atoms with van der Waals surface area (Å²) in [5.74, 6) is 0. The number of hydrogen-bond acceptors (Lipinski definition) is 1. The van der Waals surface area contributed by atoms with Gasteiger partial charge in [-0.3, -0.25) is 0 Å². The van der Waals surface area contributed by atoms with Gasteiger partial charge < -0.3 is 0 Å². The van der Waals surface area contributed by atoms with Crippen molar-refractivity contribution in [3.05, 3.63) is 60.9 Å². The van der Waals surface area contributed by atoms with Crippen molar-refractivity contribution in [1.82, 2.24) is 9.61 Å². The molecule has 2 aromatic heterocycles. The summed E-state index contributed by atoms with van der Waals surface area (Å²) in [6.07, 6.45) is 3.90. The van der Waals surface area contributed by atoms with Crippen molar-refractivity contribution in [3.63, 3.8) is 0 Å². The molecule has 0 bridgehead atoms. The molecule has 2 aromatic carbocycles. The Balaban J connectivity index is 2.29. The van der Waals surface area contributed by atoms with Crippen LogP contribution in [0.5, 0.6) is 0 Å². The van der Waals surface area contributed by atoms with Gasteiger partial charge in [-0.1, -0.05) is 24.3 Å². The summed E-state index contributed by atoms with van der Waals surface area (Å²) in [5.41, 5.74) is 1.16. The second-order valence-corrected chi connectivity index (χ2v) is 4.27. The van der Waals surface area contributed by atoms with E-state index in [1.165, 1.54) is 21.5 Å². The van der Waals surface area contributed by atoms with E-state index in [1.807, 2.05) is 23.0 Å². The summed E-state index contributed by atoms with van der Waals surface area (Å²) >= 11 is 0. The Morgan fingerprint density at radius 2 is 1.65 bits per heavy atom. The third kappa shape index (κ3) is 1.18. The van der Waals surface area contributed by atoms with Crippen molar-refractivity contribution in [2.45, 2.75) is 0 Å². The molecule has 0 atom stereocenters. The molecular formula is C15H10N2. The molecule has 0 aliphatic heterocycles. The minimum absolute atomic E-state index is 1.16. The van der Waals surface area contributed by atoms with Crippen LogP contribution in [0.1, 0.15) is 0 Å². The Labute approximate surface area is 98.1 Å². The maximum atomic E-state index is 4.39. The van der Waals surface area contributed by atoms with Gasteiger partial charge in [-0.2, -0.15) is 5.10 Å². The van der Waals surface area contributed by atoms with Crippen LogP contribution in [0, 0.1) is 0 Å². The van der Waals surface area contributed by atoms with Crippen LogP contribution in [-0.4, -0.2) is 9.61 Å². The zero-order chi connectivity index (χ0) is 11.2. The van der Waals surface area contributed by atoms with Gasteiger partial charge in [0, 0.05) is 17.0 Å². The van der Waals surface area contributed by atoms with Crippen LogP contribution in [0.25, 0.3) is 27.1 Å². The van der Waals surface area contributed by atoms with E-state index in [9.17, 15) is 0 Å². The summed E-state index contributed by atoms with van der Waals surface area (Å²) in [5, 5.41) is 9.37. The van der Waals surface area contributed by atoms with Crippen LogP contribution in [-0.2, 0) is 0 Å². The Morgan fingerprint density at radius 3 is 2.53 bits per heavy atom. The maximum Gasteiger partial charge on any atom is 0.0725 e. The first-order chi connectivity index (χ1) is 8.42. The summed E-state index contributed by atoms with van der Waals surface area (Å²) in [4.78, 5) is 0. The first-order valence-electron chi connectivity index (χ1n) is 5.67. The highest BCUT2D eigenvalue weighted by molar-refractivity contribution is 6.04. The molecule has 0 spiro atoms. The number of nitrogens with zero attached hydrogens (tertiary/aromatic N) is 2. The predicted octanol–water partition coefficient (Wildman–Crippen LogP) is 3.64. The van der Waals surface area contributed by atoms with Crippen LogP contribution >= 0.6 is 0 Å². The van der Waals surface area contributed by atoms with Crippen LogP contribution in [0.15, 0.2) is 60.9 Å². The highest BCUT2D eigenvalue weighted by Gasteiger charge is 2.02. The van der Waals surface area contributed by atoms with E-state index in [4.69, 9.17) is 0 Å². The Morgan fingerprint density at radius 1 is 0.824 bits per heavy atom. The third-order valence-electron chi connectivity index (χ3n) is 3.24. The predicted molar refractivity (Wildman–Crippen MR) is 70.2 cm³/mol. The van der Waals surface area contributed by atoms with Gasteiger partial charge >= 0.3 is 0 Å². The van der Waals surface area contributed by atoms with Crippen molar-refractivity contribution in [1.29, 1.82) is 0 Å². The summed E-state index contributed by atoms with van der Waals surface area (Å²) in [7, 11) is 0. The summed E-state index contributed by atoms with van der Waals surface area (Å²) in [6, 6.07) is 17.0. The second-order valence-electron chi connectivity index (χ2n) is 4.27. The monoisotopic (exact) mass is 218 g/mol. The van der Waals surface area contributed by atoms with Gasteiger partial charge in [-0.05, 0) is 35.0 Å². The van der Waals surface area contributed by atoms with Crippen molar-refractivity contribution in [2.75, 3.05) is 0 Å². The van der Waals surface area contributed by atoms with Crippen LogP contribution < -0.4 is 0 Å². The van der Waals surface area contributed by atoms with Crippen LogP contribution in [0.4, 0.5) is 0 Å². The summed E-state index contributed by atoms with van der Waals surface area (Å²) in [6.45, 7) is 0. The average Bonchev–Trinajstić information content (AvgIpc) is 2.85. The Bertz CT molecular complexity index is 843. The number of rotatable bonds is 0. The van der Waals surface area contributed by atoms with Gasteiger partial charge in [-0.15, -0.1) is 0 Å². The molecule has 0 N–H and O–H groups in total. The van der Waals surface area contributed by atoms with Crippen molar-refractivity contribution in [3.8, 4) is 0 Å². The normalized spacial score (nSPS) is 11.5. The minimum atomic E-state index is 1.16. The smallest absolute Gasteiger partial charge is 0.0725 e. The number of fused-ring (bicyclic) bond motifs is 4. The molecule has 2 heterocycles. The lowest BCUT2D eigenvalue weighted by atomic mass is 10.1. The second kappa shape index (κ2) is 3.08. The van der Waals surface area contributed by atoms with Gasteiger partial charge in [0.25, 0.3) is 0 Å². The standard InChI is InChI=1S/C15H10N2/c1-2-5-12-9-14-13(8-11(12)4-1)10-16-17-7-3-6-15(14)17/h1-10H. The third-order valence-corrected chi connectivity index (χ3v) is 3.24. The average molecular weight is 218 g/mol. The molecule has 2 nitrogen and oxygen atoms in total. The van der Waals surface area contributed by atoms with Gasteiger partial charge in [0.1, 0.15) is 0 Å². The molecule has 4 rings (SSSR count). The highest BCUT2D eigenvalue weighted by Crippen LogP contribution is 2.25. The number of hydrogen-bond donors (Lipinski definition) is 0. The van der Waals surface area contributed by atoms with E-state index in [0.717, 1.165) is 5.52 Å². The van der Waals surface area contributed by atoms with E-state index < -0.39 is 0 Å². The zero-order valence-electron chi connectivity index (χ0n) is 9.17. The van der Waals surface area contributed by atoms with E-state index in [0.29, 0.717) is 0 Å². The number of benzene rings is 2.